The summed E-state index contributed by atoms with van der Waals surface area (Å²) in [5, 5.41) is 3.36. The quantitative estimate of drug-likeness (QED) is 0.427. The second kappa shape index (κ2) is 9.90. The first kappa shape index (κ1) is 21.9. The summed E-state index contributed by atoms with van der Waals surface area (Å²) in [4.78, 5) is 26.9. The lowest BCUT2D eigenvalue weighted by atomic mass is 10.1. The van der Waals surface area contributed by atoms with Gasteiger partial charge in [-0.3, -0.25) is 9.59 Å². The zero-order chi connectivity index (χ0) is 21.8. The van der Waals surface area contributed by atoms with Crippen molar-refractivity contribution in [2.24, 2.45) is 0 Å². The lowest BCUT2D eigenvalue weighted by Gasteiger charge is -2.24. The Morgan fingerprint density at radius 2 is 1.84 bits per heavy atom. The molecule has 1 fully saturated rings. The molecule has 1 N–H and O–H groups in total. The second-order valence-electron chi connectivity index (χ2n) is 7.19. The van der Waals surface area contributed by atoms with Gasteiger partial charge in [-0.05, 0) is 63.8 Å². The third-order valence-electron chi connectivity index (χ3n) is 5.09. The van der Waals surface area contributed by atoms with Crippen LogP contribution in [-0.2, 0) is 11.2 Å². The molecule has 0 spiro atoms. The highest BCUT2D eigenvalue weighted by molar-refractivity contribution is 9.10. The molecule has 4 nitrogen and oxygen atoms in total. The van der Waals surface area contributed by atoms with Crippen molar-refractivity contribution in [2.45, 2.75) is 11.8 Å². The van der Waals surface area contributed by atoms with Gasteiger partial charge in [0.1, 0.15) is 5.37 Å². The number of rotatable bonds is 6. The van der Waals surface area contributed by atoms with Crippen LogP contribution in [0.15, 0.2) is 77.3 Å². The Labute approximate surface area is 199 Å². The maximum atomic E-state index is 12.6. The highest BCUT2D eigenvalue weighted by Gasteiger charge is 2.32. The van der Waals surface area contributed by atoms with Crippen molar-refractivity contribution >= 4 is 56.8 Å². The third kappa shape index (κ3) is 5.32. The SMILES string of the molecule is O=C(Nc1ccc(Br)c(Cl)c1)c1ccc([C@@H]2SCC(=O)N2CCc2ccccc2)cc1. The predicted octanol–water partition coefficient (Wildman–Crippen LogP) is 6.17. The average Bonchev–Trinajstić information content (AvgIpc) is 3.16. The number of halogens is 2. The lowest BCUT2D eigenvalue weighted by molar-refractivity contribution is -0.128. The molecule has 2 amide bonds. The molecule has 0 saturated carbocycles. The normalized spacial score (nSPS) is 15.9. The van der Waals surface area contributed by atoms with Crippen molar-refractivity contribution in [2.75, 3.05) is 17.6 Å². The van der Waals surface area contributed by atoms with Gasteiger partial charge < -0.3 is 10.2 Å². The number of amides is 2. The van der Waals surface area contributed by atoms with E-state index in [0.29, 0.717) is 28.6 Å². The minimum Gasteiger partial charge on any atom is -0.326 e. The van der Waals surface area contributed by atoms with Crippen molar-refractivity contribution in [1.29, 1.82) is 0 Å². The number of thioether (sulfide) groups is 1. The first-order chi connectivity index (χ1) is 15.0. The van der Waals surface area contributed by atoms with Crippen LogP contribution < -0.4 is 5.32 Å². The van der Waals surface area contributed by atoms with Gasteiger partial charge >= 0.3 is 0 Å². The van der Waals surface area contributed by atoms with Gasteiger partial charge in [0.2, 0.25) is 5.91 Å². The molecule has 4 rings (SSSR count). The van der Waals surface area contributed by atoms with Crippen LogP contribution in [-0.4, -0.2) is 29.0 Å². The number of benzene rings is 3. The molecule has 31 heavy (non-hydrogen) atoms. The van der Waals surface area contributed by atoms with Gasteiger partial charge in [0.25, 0.3) is 5.91 Å². The van der Waals surface area contributed by atoms with E-state index in [2.05, 4.69) is 33.4 Å². The Morgan fingerprint density at radius 1 is 1.10 bits per heavy atom. The molecule has 158 valence electrons. The fraction of sp³-hybridized carbons (Fsp3) is 0.167. The molecule has 0 radical (unpaired) electrons. The zero-order valence-corrected chi connectivity index (χ0v) is 19.7. The van der Waals surface area contributed by atoms with Crippen molar-refractivity contribution in [3.8, 4) is 0 Å². The Kier molecular flexibility index (Phi) is 7.00. The largest absolute Gasteiger partial charge is 0.326 e. The van der Waals surface area contributed by atoms with Gasteiger partial charge in [-0.15, -0.1) is 11.8 Å². The molecule has 1 atom stereocenters. The van der Waals surface area contributed by atoms with Crippen LogP contribution in [0, 0.1) is 0 Å². The minimum atomic E-state index is -0.207. The van der Waals surface area contributed by atoms with E-state index >= 15 is 0 Å². The van der Waals surface area contributed by atoms with E-state index in [1.165, 1.54) is 5.56 Å². The van der Waals surface area contributed by atoms with Crippen molar-refractivity contribution in [3.05, 3.63) is 99.0 Å². The molecule has 0 aliphatic carbocycles. The Hall–Kier alpha value is -2.28. The van der Waals surface area contributed by atoms with E-state index in [4.69, 9.17) is 11.6 Å². The van der Waals surface area contributed by atoms with E-state index in [0.717, 1.165) is 16.5 Å². The van der Waals surface area contributed by atoms with Crippen LogP contribution in [0.25, 0.3) is 0 Å². The fourth-order valence-electron chi connectivity index (χ4n) is 3.44. The van der Waals surface area contributed by atoms with Crippen LogP contribution in [0.4, 0.5) is 5.69 Å². The topological polar surface area (TPSA) is 49.4 Å². The van der Waals surface area contributed by atoms with E-state index in [9.17, 15) is 9.59 Å². The maximum Gasteiger partial charge on any atom is 0.255 e. The summed E-state index contributed by atoms with van der Waals surface area (Å²) in [6.45, 7) is 0.674. The molecule has 1 aliphatic rings. The molecular weight excluding hydrogens is 496 g/mol. The van der Waals surface area contributed by atoms with Gasteiger partial charge in [-0.1, -0.05) is 54.1 Å². The summed E-state index contributed by atoms with van der Waals surface area (Å²) in [5.74, 6) is 0.423. The first-order valence-corrected chi connectivity index (χ1v) is 12.0. The molecule has 7 heteroatoms. The molecule has 0 aromatic heterocycles. The summed E-state index contributed by atoms with van der Waals surface area (Å²) in [7, 11) is 0. The minimum absolute atomic E-state index is 0.0291. The Balaban J connectivity index is 1.43. The van der Waals surface area contributed by atoms with Gasteiger partial charge in [0, 0.05) is 22.3 Å². The number of carbonyl (C=O) groups is 2. The summed E-state index contributed by atoms with van der Waals surface area (Å²) in [5.41, 5.74) is 3.41. The van der Waals surface area contributed by atoms with E-state index in [1.807, 2.05) is 35.2 Å². The van der Waals surface area contributed by atoms with Crippen LogP contribution in [0.3, 0.4) is 0 Å². The van der Waals surface area contributed by atoms with Crippen molar-refractivity contribution < 1.29 is 9.59 Å². The molecule has 3 aromatic rings. The van der Waals surface area contributed by atoms with Gasteiger partial charge in [-0.25, -0.2) is 0 Å². The standard InChI is InChI=1S/C24H20BrClN2O2S/c25-20-11-10-19(14-21(20)26)27-23(30)17-6-8-18(9-7-17)24-28(22(29)15-31-24)13-12-16-4-2-1-3-5-16/h1-11,14,24H,12-13,15H2,(H,27,30)/t24-/m0/s1. The fourth-order valence-corrected chi connectivity index (χ4v) is 5.09. The van der Waals surface area contributed by atoms with Gasteiger partial charge in [-0.2, -0.15) is 0 Å². The number of hydrogen-bond acceptors (Lipinski definition) is 3. The summed E-state index contributed by atoms with van der Waals surface area (Å²) >= 11 is 11.1. The maximum absolute atomic E-state index is 12.6. The predicted molar refractivity (Wildman–Crippen MR) is 131 cm³/mol. The summed E-state index contributed by atoms with van der Waals surface area (Å²) < 4.78 is 0.775. The van der Waals surface area contributed by atoms with Crippen molar-refractivity contribution in [1.82, 2.24) is 4.90 Å². The molecular formula is C24H20BrClN2O2S. The van der Waals surface area contributed by atoms with E-state index in [-0.39, 0.29) is 17.2 Å². The monoisotopic (exact) mass is 514 g/mol. The highest BCUT2D eigenvalue weighted by Crippen LogP contribution is 2.38. The number of anilines is 1. The number of carbonyl (C=O) groups excluding carboxylic acids is 2. The van der Waals surface area contributed by atoms with Crippen LogP contribution in [0.5, 0.6) is 0 Å². The third-order valence-corrected chi connectivity index (χ3v) is 7.58. The average molecular weight is 516 g/mol. The Bertz CT molecular complexity index is 1090. The van der Waals surface area contributed by atoms with Gasteiger partial charge in [0.15, 0.2) is 0 Å². The number of hydrogen-bond donors (Lipinski definition) is 1. The van der Waals surface area contributed by atoms with Crippen LogP contribution in [0.2, 0.25) is 5.02 Å². The summed E-state index contributed by atoms with van der Waals surface area (Å²) in [6.07, 6.45) is 0.819. The molecule has 3 aromatic carbocycles. The second-order valence-corrected chi connectivity index (χ2v) is 9.52. The van der Waals surface area contributed by atoms with Crippen molar-refractivity contribution in [3.63, 3.8) is 0 Å². The zero-order valence-electron chi connectivity index (χ0n) is 16.6. The highest BCUT2D eigenvalue weighted by atomic mass is 79.9. The lowest BCUT2D eigenvalue weighted by Crippen LogP contribution is -2.30. The molecule has 0 unspecified atom stereocenters. The van der Waals surface area contributed by atoms with E-state index < -0.39 is 0 Å². The molecule has 1 heterocycles. The number of nitrogens with one attached hydrogen (secondary N) is 1. The number of nitrogens with zero attached hydrogens (tertiary/aromatic N) is 1. The first-order valence-electron chi connectivity index (χ1n) is 9.82. The van der Waals surface area contributed by atoms with Gasteiger partial charge in [0.05, 0.1) is 10.8 Å². The molecule has 0 bridgehead atoms. The van der Waals surface area contributed by atoms with Crippen LogP contribution >= 0.6 is 39.3 Å². The molecule has 1 saturated heterocycles. The van der Waals surface area contributed by atoms with Crippen LogP contribution in [0.1, 0.15) is 26.9 Å². The Morgan fingerprint density at radius 3 is 2.55 bits per heavy atom. The smallest absolute Gasteiger partial charge is 0.255 e. The van der Waals surface area contributed by atoms with E-state index in [1.54, 1.807) is 42.1 Å². The summed E-state index contributed by atoms with van der Waals surface area (Å²) in [6, 6.07) is 22.9. The molecule has 1 aliphatic heterocycles.